The SMILES string of the molecule is Cc1ncoc1CNC(=O)C(C)(C)C. The highest BCUT2D eigenvalue weighted by Gasteiger charge is 2.21. The van der Waals surface area contributed by atoms with Crippen LogP contribution in [0.2, 0.25) is 0 Å². The van der Waals surface area contributed by atoms with Crippen molar-refractivity contribution in [1.29, 1.82) is 0 Å². The summed E-state index contributed by atoms with van der Waals surface area (Å²) in [6.07, 6.45) is 1.38. The summed E-state index contributed by atoms with van der Waals surface area (Å²) in [6.45, 7) is 7.87. The van der Waals surface area contributed by atoms with Crippen LogP contribution in [0.4, 0.5) is 0 Å². The molecule has 0 spiro atoms. The van der Waals surface area contributed by atoms with Crippen LogP contribution in [-0.2, 0) is 11.3 Å². The van der Waals surface area contributed by atoms with E-state index in [4.69, 9.17) is 4.42 Å². The molecule has 1 N–H and O–H groups in total. The molecule has 14 heavy (non-hydrogen) atoms. The van der Waals surface area contributed by atoms with Crippen molar-refractivity contribution >= 4 is 5.91 Å². The second kappa shape index (κ2) is 3.82. The fourth-order valence-electron chi connectivity index (χ4n) is 0.922. The van der Waals surface area contributed by atoms with Gasteiger partial charge >= 0.3 is 0 Å². The first-order chi connectivity index (χ1) is 6.41. The lowest BCUT2D eigenvalue weighted by Crippen LogP contribution is -2.34. The highest BCUT2D eigenvalue weighted by molar-refractivity contribution is 5.81. The van der Waals surface area contributed by atoms with Crippen LogP contribution >= 0.6 is 0 Å². The molecule has 1 heterocycles. The second-order valence-corrected chi connectivity index (χ2v) is 4.29. The van der Waals surface area contributed by atoms with E-state index in [2.05, 4.69) is 10.3 Å². The van der Waals surface area contributed by atoms with Gasteiger partial charge in [-0.1, -0.05) is 20.8 Å². The van der Waals surface area contributed by atoms with E-state index in [1.165, 1.54) is 6.39 Å². The minimum atomic E-state index is -0.367. The zero-order valence-corrected chi connectivity index (χ0v) is 9.05. The molecule has 78 valence electrons. The van der Waals surface area contributed by atoms with Gasteiger partial charge in [0.2, 0.25) is 5.91 Å². The third-order valence-electron chi connectivity index (χ3n) is 1.94. The minimum absolute atomic E-state index is 0.00769. The average Bonchev–Trinajstić information content (AvgIpc) is 2.45. The maximum atomic E-state index is 11.5. The predicted molar refractivity (Wildman–Crippen MR) is 52.5 cm³/mol. The molecule has 1 rings (SSSR count). The quantitative estimate of drug-likeness (QED) is 0.782. The van der Waals surface area contributed by atoms with Gasteiger partial charge in [-0.05, 0) is 6.92 Å². The van der Waals surface area contributed by atoms with Gasteiger partial charge in [-0.3, -0.25) is 4.79 Å². The Bertz CT molecular complexity index is 323. The Labute approximate surface area is 83.7 Å². The normalized spacial score (nSPS) is 11.4. The van der Waals surface area contributed by atoms with Gasteiger partial charge in [0, 0.05) is 5.41 Å². The first-order valence-corrected chi connectivity index (χ1v) is 4.58. The van der Waals surface area contributed by atoms with E-state index >= 15 is 0 Å². The van der Waals surface area contributed by atoms with E-state index in [0.29, 0.717) is 12.3 Å². The Morgan fingerprint density at radius 1 is 1.57 bits per heavy atom. The predicted octanol–water partition coefficient (Wildman–Crippen LogP) is 1.65. The van der Waals surface area contributed by atoms with E-state index < -0.39 is 0 Å². The maximum absolute atomic E-state index is 11.5. The van der Waals surface area contributed by atoms with Gasteiger partial charge < -0.3 is 9.73 Å². The van der Waals surface area contributed by atoms with Crippen LogP contribution in [0.15, 0.2) is 10.8 Å². The molecule has 0 aromatic carbocycles. The molecule has 4 heteroatoms. The molecule has 0 aliphatic rings. The van der Waals surface area contributed by atoms with Gasteiger partial charge in [0.15, 0.2) is 6.39 Å². The Morgan fingerprint density at radius 3 is 2.64 bits per heavy atom. The number of aromatic nitrogens is 1. The van der Waals surface area contributed by atoms with Crippen LogP contribution in [0, 0.1) is 12.3 Å². The standard InChI is InChI=1S/C10H16N2O2/c1-7-8(14-6-12-7)5-11-9(13)10(2,3)4/h6H,5H2,1-4H3,(H,11,13). The van der Waals surface area contributed by atoms with Gasteiger partial charge in [0.25, 0.3) is 0 Å². The fraction of sp³-hybridized carbons (Fsp3) is 0.600. The van der Waals surface area contributed by atoms with E-state index in [-0.39, 0.29) is 11.3 Å². The summed E-state index contributed by atoms with van der Waals surface area (Å²) in [5.41, 5.74) is 0.452. The second-order valence-electron chi connectivity index (χ2n) is 4.29. The lowest BCUT2D eigenvalue weighted by atomic mass is 9.96. The van der Waals surface area contributed by atoms with Crippen molar-refractivity contribution in [3.8, 4) is 0 Å². The van der Waals surface area contributed by atoms with Gasteiger partial charge in [0.1, 0.15) is 5.76 Å². The third-order valence-corrected chi connectivity index (χ3v) is 1.94. The number of nitrogens with one attached hydrogen (secondary N) is 1. The summed E-state index contributed by atoms with van der Waals surface area (Å²) >= 11 is 0. The molecule has 0 aliphatic heterocycles. The van der Waals surface area contributed by atoms with Crippen LogP contribution in [0.5, 0.6) is 0 Å². The van der Waals surface area contributed by atoms with Crippen molar-refractivity contribution in [1.82, 2.24) is 10.3 Å². The summed E-state index contributed by atoms with van der Waals surface area (Å²) in [4.78, 5) is 15.4. The van der Waals surface area contributed by atoms with E-state index in [1.807, 2.05) is 27.7 Å². The van der Waals surface area contributed by atoms with Gasteiger partial charge in [-0.2, -0.15) is 0 Å². The number of carbonyl (C=O) groups is 1. The fourth-order valence-corrected chi connectivity index (χ4v) is 0.922. The van der Waals surface area contributed by atoms with Crippen molar-refractivity contribution in [3.05, 3.63) is 17.8 Å². The first kappa shape index (κ1) is 10.8. The number of rotatable bonds is 2. The van der Waals surface area contributed by atoms with Gasteiger partial charge in [-0.15, -0.1) is 0 Å². The molecule has 0 saturated carbocycles. The molecule has 4 nitrogen and oxygen atoms in total. The van der Waals surface area contributed by atoms with E-state index in [9.17, 15) is 4.79 Å². The zero-order valence-electron chi connectivity index (χ0n) is 9.05. The topological polar surface area (TPSA) is 55.1 Å². The number of hydrogen-bond donors (Lipinski definition) is 1. The van der Waals surface area contributed by atoms with Gasteiger partial charge in [-0.25, -0.2) is 4.98 Å². The number of nitrogens with zero attached hydrogens (tertiary/aromatic N) is 1. The van der Waals surface area contributed by atoms with E-state index in [1.54, 1.807) is 0 Å². The van der Waals surface area contributed by atoms with Crippen molar-refractivity contribution in [2.45, 2.75) is 34.2 Å². The Kier molecular flexibility index (Phi) is 2.93. The van der Waals surface area contributed by atoms with Crippen LogP contribution < -0.4 is 5.32 Å². The smallest absolute Gasteiger partial charge is 0.225 e. The monoisotopic (exact) mass is 196 g/mol. The molecule has 0 atom stereocenters. The van der Waals surface area contributed by atoms with Crippen LogP contribution in [-0.4, -0.2) is 10.9 Å². The van der Waals surface area contributed by atoms with Crippen molar-refractivity contribution in [2.75, 3.05) is 0 Å². The number of oxazole rings is 1. The number of carbonyl (C=O) groups excluding carboxylic acids is 1. The third kappa shape index (κ3) is 2.58. The largest absolute Gasteiger partial charge is 0.446 e. The summed E-state index contributed by atoms with van der Waals surface area (Å²) in [6, 6.07) is 0. The summed E-state index contributed by atoms with van der Waals surface area (Å²) in [5, 5.41) is 2.79. The highest BCUT2D eigenvalue weighted by atomic mass is 16.3. The maximum Gasteiger partial charge on any atom is 0.225 e. The first-order valence-electron chi connectivity index (χ1n) is 4.58. The summed E-state index contributed by atoms with van der Waals surface area (Å²) in [5.74, 6) is 0.718. The zero-order chi connectivity index (χ0) is 10.8. The molecule has 0 aliphatic carbocycles. The lowest BCUT2D eigenvalue weighted by molar-refractivity contribution is -0.128. The molecule has 0 fully saturated rings. The lowest BCUT2D eigenvalue weighted by Gasteiger charge is -2.16. The van der Waals surface area contributed by atoms with Crippen molar-refractivity contribution in [3.63, 3.8) is 0 Å². The Balaban J connectivity index is 2.50. The molecule has 0 radical (unpaired) electrons. The number of aryl methyl sites for hydroxylation is 1. The van der Waals surface area contributed by atoms with Crippen LogP contribution in [0.25, 0.3) is 0 Å². The molecule has 1 aromatic rings. The summed E-state index contributed by atoms with van der Waals surface area (Å²) < 4.78 is 5.10. The van der Waals surface area contributed by atoms with E-state index in [0.717, 1.165) is 5.69 Å². The molecule has 0 unspecified atom stereocenters. The van der Waals surface area contributed by atoms with Crippen LogP contribution in [0.1, 0.15) is 32.2 Å². The Morgan fingerprint density at radius 2 is 2.21 bits per heavy atom. The number of amides is 1. The summed E-state index contributed by atoms with van der Waals surface area (Å²) in [7, 11) is 0. The molecule has 1 amide bonds. The highest BCUT2D eigenvalue weighted by Crippen LogP contribution is 2.13. The van der Waals surface area contributed by atoms with Crippen LogP contribution in [0.3, 0.4) is 0 Å². The molecule has 1 aromatic heterocycles. The van der Waals surface area contributed by atoms with Gasteiger partial charge in [0.05, 0.1) is 12.2 Å². The average molecular weight is 196 g/mol. The molecule has 0 bridgehead atoms. The molecular formula is C10H16N2O2. The molecular weight excluding hydrogens is 180 g/mol. The van der Waals surface area contributed by atoms with Crippen molar-refractivity contribution in [2.24, 2.45) is 5.41 Å². The minimum Gasteiger partial charge on any atom is -0.446 e. The number of hydrogen-bond acceptors (Lipinski definition) is 3. The Hall–Kier alpha value is -1.32. The van der Waals surface area contributed by atoms with Crippen molar-refractivity contribution < 1.29 is 9.21 Å². The molecule has 0 saturated heterocycles.